The third-order valence-corrected chi connectivity index (χ3v) is 4.28. The van der Waals surface area contributed by atoms with E-state index in [9.17, 15) is 0 Å². The molecule has 0 unspecified atom stereocenters. The lowest BCUT2D eigenvalue weighted by Crippen LogP contribution is -2.19. The van der Waals surface area contributed by atoms with Crippen LogP contribution in [-0.2, 0) is 6.42 Å². The maximum absolute atomic E-state index is 4.00. The van der Waals surface area contributed by atoms with E-state index >= 15 is 0 Å². The summed E-state index contributed by atoms with van der Waals surface area (Å²) in [6.45, 7) is 2.12. The maximum atomic E-state index is 4.00. The number of thioether (sulfide) groups is 1. The Hall–Kier alpha value is -0.840. The van der Waals surface area contributed by atoms with Crippen molar-refractivity contribution < 1.29 is 0 Å². The fraction of sp³-hybridized carbons (Fsp3) is 0.308. The summed E-state index contributed by atoms with van der Waals surface area (Å²) in [5, 5.41) is 5.60. The summed E-state index contributed by atoms with van der Waals surface area (Å²) in [5.74, 6) is 1.11. The van der Waals surface area contributed by atoms with Gasteiger partial charge in [0.15, 0.2) is 0 Å². The standard InChI is InChI=1S/C13H16N2S2/c1-2-12(16-10-1)3-8-15-9-11-17-13-4-6-14-7-5-13/h1-2,4-7,10,15H,3,8-9,11H2. The Bertz CT molecular complexity index is 401. The summed E-state index contributed by atoms with van der Waals surface area (Å²) in [4.78, 5) is 6.75. The van der Waals surface area contributed by atoms with E-state index < -0.39 is 0 Å². The molecule has 0 amide bonds. The molecule has 0 fully saturated rings. The van der Waals surface area contributed by atoms with Crippen LogP contribution >= 0.6 is 23.1 Å². The van der Waals surface area contributed by atoms with E-state index in [1.54, 1.807) is 0 Å². The third kappa shape index (κ3) is 4.89. The van der Waals surface area contributed by atoms with Crippen LogP contribution in [0.4, 0.5) is 0 Å². The van der Waals surface area contributed by atoms with Crippen LogP contribution < -0.4 is 5.32 Å². The number of aromatic nitrogens is 1. The van der Waals surface area contributed by atoms with Crippen molar-refractivity contribution in [3.8, 4) is 0 Å². The quantitative estimate of drug-likeness (QED) is 0.614. The van der Waals surface area contributed by atoms with Gasteiger partial charge in [0.1, 0.15) is 0 Å². The largest absolute Gasteiger partial charge is 0.316 e. The number of thiophene rings is 1. The van der Waals surface area contributed by atoms with Crippen LogP contribution in [0, 0.1) is 0 Å². The second-order valence-corrected chi connectivity index (χ2v) is 5.81. The van der Waals surface area contributed by atoms with Gasteiger partial charge in [0.2, 0.25) is 0 Å². The lowest BCUT2D eigenvalue weighted by atomic mass is 10.3. The molecule has 4 heteroatoms. The van der Waals surface area contributed by atoms with Gasteiger partial charge in [-0.25, -0.2) is 0 Å². The normalized spacial score (nSPS) is 10.6. The highest BCUT2D eigenvalue weighted by Crippen LogP contribution is 2.14. The summed E-state index contributed by atoms with van der Waals surface area (Å²) in [7, 11) is 0. The summed E-state index contributed by atoms with van der Waals surface area (Å²) in [5.41, 5.74) is 0. The number of nitrogens with one attached hydrogen (secondary N) is 1. The Morgan fingerprint density at radius 1 is 1.18 bits per heavy atom. The highest BCUT2D eigenvalue weighted by molar-refractivity contribution is 7.99. The molecule has 0 aliphatic carbocycles. The molecule has 2 heterocycles. The summed E-state index contributed by atoms with van der Waals surface area (Å²) in [6.07, 6.45) is 4.82. The van der Waals surface area contributed by atoms with Crippen molar-refractivity contribution in [2.45, 2.75) is 11.3 Å². The van der Waals surface area contributed by atoms with Crippen LogP contribution in [0.5, 0.6) is 0 Å². The topological polar surface area (TPSA) is 24.9 Å². The minimum absolute atomic E-state index is 1.05. The molecule has 2 rings (SSSR count). The van der Waals surface area contributed by atoms with Gasteiger partial charge < -0.3 is 5.32 Å². The second kappa shape index (κ2) is 7.48. The predicted molar refractivity (Wildman–Crippen MR) is 75.9 cm³/mol. The summed E-state index contributed by atoms with van der Waals surface area (Å²) in [6, 6.07) is 8.41. The molecule has 0 bridgehead atoms. The van der Waals surface area contributed by atoms with Crippen molar-refractivity contribution in [3.63, 3.8) is 0 Å². The van der Waals surface area contributed by atoms with Gasteiger partial charge in [-0.1, -0.05) is 6.07 Å². The zero-order valence-corrected chi connectivity index (χ0v) is 11.3. The van der Waals surface area contributed by atoms with Crippen LogP contribution in [0.2, 0.25) is 0 Å². The molecule has 2 aromatic heterocycles. The molecule has 0 radical (unpaired) electrons. The molecule has 0 spiro atoms. The fourth-order valence-corrected chi connectivity index (χ4v) is 2.97. The first-order chi connectivity index (χ1) is 8.45. The maximum Gasteiger partial charge on any atom is 0.0278 e. The molecule has 2 aromatic rings. The highest BCUT2D eigenvalue weighted by Gasteiger charge is 1.94. The van der Waals surface area contributed by atoms with E-state index in [1.165, 1.54) is 9.77 Å². The molecule has 17 heavy (non-hydrogen) atoms. The van der Waals surface area contributed by atoms with E-state index in [2.05, 4.69) is 39.9 Å². The van der Waals surface area contributed by atoms with Gasteiger partial charge >= 0.3 is 0 Å². The van der Waals surface area contributed by atoms with E-state index in [0.717, 1.165) is 25.3 Å². The number of hydrogen-bond donors (Lipinski definition) is 1. The molecule has 90 valence electrons. The number of rotatable bonds is 7. The molecule has 1 N–H and O–H groups in total. The van der Waals surface area contributed by atoms with Gasteiger partial charge in [-0.3, -0.25) is 4.98 Å². The smallest absolute Gasteiger partial charge is 0.0278 e. The SMILES string of the molecule is c1csc(CCNCCSc2ccncc2)c1. The van der Waals surface area contributed by atoms with Crippen molar-refractivity contribution in [1.82, 2.24) is 10.3 Å². The number of pyridine rings is 1. The molecule has 0 saturated carbocycles. The van der Waals surface area contributed by atoms with E-state index in [4.69, 9.17) is 0 Å². The molecule has 0 aliphatic heterocycles. The zero-order chi connectivity index (χ0) is 11.8. The Balaban J connectivity index is 1.52. The minimum Gasteiger partial charge on any atom is -0.316 e. The predicted octanol–water partition coefficient (Wildman–Crippen LogP) is 3.07. The number of nitrogens with zero attached hydrogens (tertiary/aromatic N) is 1. The minimum atomic E-state index is 1.05. The fourth-order valence-electron chi connectivity index (χ4n) is 1.47. The van der Waals surface area contributed by atoms with Crippen LogP contribution in [0.1, 0.15) is 4.88 Å². The molecule has 0 atom stereocenters. The van der Waals surface area contributed by atoms with Crippen LogP contribution in [0.15, 0.2) is 46.9 Å². The molecule has 2 nitrogen and oxygen atoms in total. The van der Waals surface area contributed by atoms with Crippen LogP contribution in [0.25, 0.3) is 0 Å². The first-order valence-electron chi connectivity index (χ1n) is 5.71. The van der Waals surface area contributed by atoms with Crippen molar-refractivity contribution in [3.05, 3.63) is 46.9 Å². The third-order valence-electron chi connectivity index (χ3n) is 2.33. The van der Waals surface area contributed by atoms with Gasteiger partial charge in [0.25, 0.3) is 0 Å². The molecular formula is C13H16N2S2. The molecular weight excluding hydrogens is 248 g/mol. The second-order valence-electron chi connectivity index (χ2n) is 3.61. The van der Waals surface area contributed by atoms with Gasteiger partial charge in [0, 0.05) is 34.5 Å². The van der Waals surface area contributed by atoms with Gasteiger partial charge in [0.05, 0.1) is 0 Å². The van der Waals surface area contributed by atoms with Crippen LogP contribution in [-0.4, -0.2) is 23.8 Å². The monoisotopic (exact) mass is 264 g/mol. The van der Waals surface area contributed by atoms with Crippen molar-refractivity contribution in [2.24, 2.45) is 0 Å². The Morgan fingerprint density at radius 2 is 2.06 bits per heavy atom. The summed E-state index contributed by atoms with van der Waals surface area (Å²) < 4.78 is 0. The van der Waals surface area contributed by atoms with E-state index in [-0.39, 0.29) is 0 Å². The Morgan fingerprint density at radius 3 is 2.82 bits per heavy atom. The zero-order valence-electron chi connectivity index (χ0n) is 9.63. The lowest BCUT2D eigenvalue weighted by Gasteiger charge is -2.03. The number of hydrogen-bond acceptors (Lipinski definition) is 4. The molecule has 0 aliphatic rings. The lowest BCUT2D eigenvalue weighted by molar-refractivity contribution is 0.725. The average Bonchev–Trinajstić information content (AvgIpc) is 2.88. The molecule has 0 saturated heterocycles. The molecule has 0 aromatic carbocycles. The van der Waals surface area contributed by atoms with Crippen molar-refractivity contribution in [1.29, 1.82) is 0 Å². The first kappa shape index (κ1) is 12.6. The summed E-state index contributed by atoms with van der Waals surface area (Å²) >= 11 is 3.70. The Labute approximate surface area is 110 Å². The van der Waals surface area contributed by atoms with Gasteiger partial charge in [-0.2, -0.15) is 0 Å². The van der Waals surface area contributed by atoms with Gasteiger partial charge in [-0.15, -0.1) is 23.1 Å². The van der Waals surface area contributed by atoms with Gasteiger partial charge in [-0.05, 0) is 36.5 Å². The van der Waals surface area contributed by atoms with Crippen LogP contribution in [0.3, 0.4) is 0 Å². The Kier molecular flexibility index (Phi) is 5.55. The van der Waals surface area contributed by atoms with E-state index in [0.29, 0.717) is 0 Å². The highest BCUT2D eigenvalue weighted by atomic mass is 32.2. The van der Waals surface area contributed by atoms with E-state index in [1.807, 2.05) is 35.5 Å². The van der Waals surface area contributed by atoms with Crippen molar-refractivity contribution >= 4 is 23.1 Å². The first-order valence-corrected chi connectivity index (χ1v) is 7.57. The van der Waals surface area contributed by atoms with Crippen molar-refractivity contribution in [2.75, 3.05) is 18.8 Å². The average molecular weight is 264 g/mol.